The van der Waals surface area contributed by atoms with E-state index in [0.29, 0.717) is 6.07 Å². The second-order valence-corrected chi connectivity index (χ2v) is 13.3. The maximum Gasteiger partial charge on any atom is 2.00 e. The predicted octanol–water partition coefficient (Wildman–Crippen LogP) is -0.622. The Balaban J connectivity index is 0. The minimum atomic E-state index is -5.46. The molecule has 0 spiro atoms. The molecule has 0 bridgehead atoms. The molecule has 0 saturated carbocycles. The number of nitrogens with zero attached hydrogens (tertiary/aromatic N) is 2. The van der Waals surface area contributed by atoms with Crippen LogP contribution in [0.1, 0.15) is 4.28 Å². The van der Waals surface area contributed by atoms with E-state index < -0.39 is 107 Å². The van der Waals surface area contributed by atoms with Gasteiger partial charge >= 0.3 is 21.3 Å². The maximum absolute atomic E-state index is 12.9. The summed E-state index contributed by atoms with van der Waals surface area (Å²) in [7, 11) is -20.3. The van der Waals surface area contributed by atoms with Crippen molar-refractivity contribution in [1.29, 1.82) is 0 Å². The number of hydrogen-bond donors (Lipinski definition) is 1. The van der Waals surface area contributed by atoms with Gasteiger partial charge in [-0.05, 0) is 24.3 Å². The molecule has 40 heavy (non-hydrogen) atoms. The fourth-order valence-electron chi connectivity index (χ4n) is 3.17. The van der Waals surface area contributed by atoms with Crippen molar-refractivity contribution >= 4 is 68.3 Å². The molecule has 2 N–H and O–H groups in total. The number of nitrogen functional groups attached to an aromatic ring is 1. The van der Waals surface area contributed by atoms with Crippen molar-refractivity contribution in [1.82, 2.24) is 0 Å². The summed E-state index contributed by atoms with van der Waals surface area (Å²) in [5.74, 6) is -3.17. The van der Waals surface area contributed by atoms with Crippen LogP contribution in [0.25, 0.3) is 10.8 Å². The predicted molar refractivity (Wildman–Crippen MR) is 125 cm³/mol. The first-order valence-electron chi connectivity index (χ1n) is 9.76. The Hall–Kier alpha value is -2.92. The number of sulfone groups is 1. The zero-order valence-corrected chi connectivity index (χ0v) is 23.2. The minimum Gasteiger partial charge on any atom is -0.871 e. The number of azo groups is 1. The Morgan fingerprint density at radius 1 is 0.800 bits per heavy atom. The number of nitrogens with two attached hydrogens (primary N) is 1. The molecule has 0 saturated heterocycles. The van der Waals surface area contributed by atoms with Crippen LogP contribution in [-0.4, -0.2) is 59.7 Å². The molecule has 0 amide bonds. The Morgan fingerprint density at radius 2 is 1.38 bits per heavy atom. The third-order valence-electron chi connectivity index (χ3n) is 4.87. The van der Waals surface area contributed by atoms with Gasteiger partial charge in [0, 0.05) is 10.8 Å². The summed E-state index contributed by atoms with van der Waals surface area (Å²) >= 11 is 0. The Morgan fingerprint density at radius 3 is 1.93 bits per heavy atom. The summed E-state index contributed by atoms with van der Waals surface area (Å²) in [4.78, 5) is -3.15. The molecule has 0 aromatic heterocycles. The first-order chi connectivity index (χ1) is 17.7. The van der Waals surface area contributed by atoms with Crippen molar-refractivity contribution in [2.45, 2.75) is 14.7 Å². The third-order valence-corrected chi connectivity index (χ3v) is 8.76. The summed E-state index contributed by atoms with van der Waals surface area (Å²) in [5.41, 5.74) is 3.30. The average Bonchev–Trinajstić information content (AvgIpc) is 2.76. The summed E-state index contributed by atoms with van der Waals surface area (Å²) in [5, 5.41) is 30.6. The van der Waals surface area contributed by atoms with E-state index in [1.165, 1.54) is 0 Å². The van der Waals surface area contributed by atoms with E-state index in [-0.39, 0.29) is 27.4 Å². The smallest absolute Gasteiger partial charge is 0.871 e. The van der Waals surface area contributed by atoms with E-state index in [2.05, 4.69) is 14.4 Å². The molecule has 0 atom stereocenters. The Bertz CT molecular complexity index is 1980. The number of benzene rings is 3. The molecule has 0 fully saturated rings. The molecule has 3 rings (SSSR count). The molecule has 3 aromatic rings. The topological polar surface area (TPSA) is 312 Å². The van der Waals surface area contributed by atoms with E-state index in [1.54, 1.807) is 0 Å². The van der Waals surface area contributed by atoms with E-state index in [9.17, 15) is 57.5 Å². The molecule has 0 heterocycles. The van der Waals surface area contributed by atoms with Crippen molar-refractivity contribution < 1.29 is 83.1 Å². The zero-order chi connectivity index (χ0) is 29.6. The minimum absolute atomic E-state index is 0. The van der Waals surface area contributed by atoms with Crippen molar-refractivity contribution in [3.05, 3.63) is 36.4 Å². The first kappa shape index (κ1) is 33.3. The quantitative estimate of drug-likeness (QED) is 0.0962. The van der Waals surface area contributed by atoms with Crippen LogP contribution in [0.3, 0.4) is 0 Å². The van der Waals surface area contributed by atoms with E-state index in [4.69, 9.17) is 5.73 Å². The molecule has 0 aliphatic carbocycles. The van der Waals surface area contributed by atoms with Crippen molar-refractivity contribution in [2.24, 2.45) is 10.2 Å². The van der Waals surface area contributed by atoms with Gasteiger partial charge in [-0.25, -0.2) is 33.7 Å². The standard InChI is InChI=1S/C18H17N3O14S4.Cu/c19-17-15(38(29,30)31)8-14(37(26,27)28)10-2-3-11(18(23)16(10)17)20-21-12-7-9(1-4-13(12)22)36(24,25)6-5-35-39(32,33)34;/h1-4,7-8,22-23H,5-6,19H2,(H,26,27,28)(H,29,30,31)(H,32,33,34);/q;+2/p-2. The number of hydrogen-bond acceptors (Lipinski definition) is 17. The number of rotatable bonds is 9. The second-order valence-electron chi connectivity index (χ2n) is 7.41. The molecular formula is C18H15CuN3O14S4. The zero-order valence-electron chi connectivity index (χ0n) is 22.0. The molecule has 0 unspecified atom stereocenters. The molecule has 17 nitrogen and oxygen atoms in total. The van der Waals surface area contributed by atoms with Gasteiger partial charge < -0.3 is 29.6 Å². The van der Waals surface area contributed by atoms with Gasteiger partial charge in [-0.3, -0.25) is 4.18 Å². The fraction of sp³-hybridized carbons (Fsp3) is 0.111. The van der Waals surface area contributed by atoms with Crippen LogP contribution in [0.4, 0.5) is 17.1 Å². The summed E-state index contributed by atoms with van der Waals surface area (Å²) in [6, 6.07) is 4.19. The van der Waals surface area contributed by atoms with Gasteiger partial charge in [0.05, 0.1) is 44.1 Å². The summed E-state index contributed by atoms with van der Waals surface area (Å²) < 4.78 is 129. The first-order valence-corrected chi connectivity index (χ1v) is 15.6. The monoisotopic (exact) mass is 688 g/mol. The van der Waals surface area contributed by atoms with E-state index in [0.717, 1.165) is 24.3 Å². The third kappa shape index (κ3) is 7.42. The van der Waals surface area contributed by atoms with Crippen molar-refractivity contribution in [3.8, 4) is 11.5 Å². The van der Waals surface area contributed by atoms with Crippen LogP contribution in [0.5, 0.6) is 11.5 Å². The van der Waals surface area contributed by atoms with Crippen LogP contribution in [0.15, 0.2) is 61.3 Å². The van der Waals surface area contributed by atoms with Crippen LogP contribution >= 0.6 is 0 Å². The van der Waals surface area contributed by atoms with Gasteiger partial charge in [0.2, 0.25) is 10.4 Å². The van der Waals surface area contributed by atoms with Gasteiger partial charge in [0.15, 0.2) is 9.84 Å². The normalized spacial score (nSPS) is 13.0. The molecule has 0 aliphatic heterocycles. The van der Waals surface area contributed by atoms with E-state index in [1.807, 2.05) is 0 Å². The van der Waals surface area contributed by atoms with Gasteiger partial charge in [0.1, 0.15) is 20.2 Å². The van der Waals surface area contributed by atoms with Gasteiger partial charge in [-0.1, -0.05) is 23.6 Å². The second kappa shape index (κ2) is 11.5. The average molecular weight is 689 g/mol. The van der Waals surface area contributed by atoms with Gasteiger partial charge in [-0.15, -0.1) is 0 Å². The molecule has 1 radical (unpaired) electrons. The summed E-state index contributed by atoms with van der Waals surface area (Å²) in [6.07, 6.45) is 0. The molecular weight excluding hydrogens is 674 g/mol. The molecule has 221 valence electrons. The Labute approximate surface area is 241 Å². The largest absolute Gasteiger partial charge is 2.00 e. The van der Waals surface area contributed by atoms with Gasteiger partial charge in [-0.2, -0.15) is 10.2 Å². The number of fused-ring (bicyclic) bond motifs is 1. The molecule has 3 aromatic carbocycles. The SMILES string of the molecule is Nc1c(S(=O)(=O)[O-])cc(S(=O)(=O)[O-])c2ccc(N=Nc3cc(S(=O)(=O)CCOS(=O)(=O)[O-])ccc3[O-])c([O-])c12.[Cu+2].[H+].[H+].[H+]. The summed E-state index contributed by atoms with van der Waals surface area (Å²) in [6.45, 7) is -1.02. The molecule has 22 heteroatoms. The van der Waals surface area contributed by atoms with Crippen LogP contribution in [0, 0.1) is 0 Å². The van der Waals surface area contributed by atoms with Crippen LogP contribution in [-0.2, 0) is 61.7 Å². The maximum atomic E-state index is 12.9. The van der Waals surface area contributed by atoms with Crippen molar-refractivity contribution in [3.63, 3.8) is 0 Å². The van der Waals surface area contributed by atoms with E-state index >= 15 is 0 Å². The fourth-order valence-corrected chi connectivity index (χ4v) is 6.08. The van der Waals surface area contributed by atoms with Crippen LogP contribution in [0.2, 0.25) is 0 Å². The Kier molecular flexibility index (Phi) is 9.59. The van der Waals surface area contributed by atoms with Crippen molar-refractivity contribution in [2.75, 3.05) is 18.1 Å². The number of anilines is 1. The van der Waals surface area contributed by atoms with Gasteiger partial charge in [0.25, 0.3) is 0 Å². The van der Waals surface area contributed by atoms with Crippen LogP contribution < -0.4 is 15.9 Å². The molecule has 0 aliphatic rings.